The number of ether oxygens (including phenoxy) is 1. The number of nitriles is 1. The largest absolute Gasteiger partial charge is 0.377 e. The third kappa shape index (κ3) is 6.69. The van der Waals surface area contributed by atoms with Gasteiger partial charge in [0.15, 0.2) is 0 Å². The second-order valence-electron chi connectivity index (χ2n) is 6.60. The average molecular weight is 281 g/mol. The van der Waals surface area contributed by atoms with E-state index in [0.29, 0.717) is 12.1 Å². The quantitative estimate of drug-likeness (QED) is 0.660. The van der Waals surface area contributed by atoms with Crippen molar-refractivity contribution >= 4 is 0 Å². The Bertz CT molecular complexity index is 307. The number of rotatable bonds is 9. The Labute approximate surface area is 124 Å². The van der Waals surface area contributed by atoms with Crippen LogP contribution in [0.15, 0.2) is 0 Å². The summed E-state index contributed by atoms with van der Waals surface area (Å²) >= 11 is 0. The van der Waals surface area contributed by atoms with E-state index >= 15 is 0 Å². The fourth-order valence-electron chi connectivity index (χ4n) is 2.88. The van der Waals surface area contributed by atoms with Crippen LogP contribution in [0.25, 0.3) is 0 Å². The smallest absolute Gasteiger partial charge is 0.104 e. The summed E-state index contributed by atoms with van der Waals surface area (Å²) in [5.74, 6) is 0. The van der Waals surface area contributed by atoms with E-state index in [1.807, 2.05) is 6.92 Å². The molecule has 1 N–H and O–H groups in total. The highest BCUT2D eigenvalue weighted by Gasteiger charge is 2.23. The molecule has 4 nitrogen and oxygen atoms in total. The first-order valence-electron chi connectivity index (χ1n) is 7.94. The molecule has 1 heterocycles. The van der Waals surface area contributed by atoms with E-state index < -0.39 is 0 Å². The number of unbranched alkanes of at least 4 members (excludes halogenated alkanes) is 1. The van der Waals surface area contributed by atoms with E-state index in [2.05, 4.69) is 37.2 Å². The molecule has 1 saturated heterocycles. The Morgan fingerprint density at radius 2 is 2.20 bits per heavy atom. The van der Waals surface area contributed by atoms with Crippen LogP contribution in [0.2, 0.25) is 0 Å². The maximum absolute atomic E-state index is 9.29. The van der Waals surface area contributed by atoms with Crippen LogP contribution in [-0.2, 0) is 4.74 Å². The highest BCUT2D eigenvalue weighted by atomic mass is 16.5. The number of hydrogen-bond acceptors (Lipinski definition) is 4. The Morgan fingerprint density at radius 3 is 2.75 bits per heavy atom. The molecule has 0 aromatic rings. The first-order chi connectivity index (χ1) is 9.45. The lowest BCUT2D eigenvalue weighted by atomic mass is 9.95. The summed E-state index contributed by atoms with van der Waals surface area (Å²) in [5, 5.41) is 12.7. The molecular weight excluding hydrogens is 250 g/mol. The number of hydrogen-bond donors (Lipinski definition) is 1. The third-order valence-electron chi connectivity index (χ3n) is 3.86. The van der Waals surface area contributed by atoms with E-state index in [1.165, 1.54) is 12.8 Å². The van der Waals surface area contributed by atoms with Gasteiger partial charge in [0.2, 0.25) is 0 Å². The maximum atomic E-state index is 9.29. The first kappa shape index (κ1) is 17.4. The maximum Gasteiger partial charge on any atom is 0.104 e. The predicted octanol–water partition coefficient (Wildman–Crippen LogP) is 2.55. The normalized spacial score (nSPS) is 22.1. The summed E-state index contributed by atoms with van der Waals surface area (Å²) in [5.41, 5.74) is -0.388. The van der Waals surface area contributed by atoms with Gasteiger partial charge in [-0.05, 0) is 66.5 Å². The summed E-state index contributed by atoms with van der Waals surface area (Å²) < 4.78 is 5.65. The Kier molecular flexibility index (Phi) is 7.50. The molecule has 1 aliphatic rings. The van der Waals surface area contributed by atoms with Gasteiger partial charge in [0.05, 0.1) is 12.2 Å². The van der Waals surface area contributed by atoms with Crippen molar-refractivity contribution in [1.82, 2.24) is 10.2 Å². The minimum atomic E-state index is -0.388. The molecular formula is C16H31N3O. The van der Waals surface area contributed by atoms with Crippen molar-refractivity contribution in [3.8, 4) is 6.07 Å². The highest BCUT2D eigenvalue weighted by Crippen LogP contribution is 2.15. The van der Waals surface area contributed by atoms with Crippen LogP contribution >= 0.6 is 0 Å². The molecule has 2 atom stereocenters. The zero-order chi connectivity index (χ0) is 15.0. The molecule has 2 unspecified atom stereocenters. The lowest BCUT2D eigenvalue weighted by molar-refractivity contribution is 0.0806. The molecule has 0 aliphatic carbocycles. The van der Waals surface area contributed by atoms with Crippen LogP contribution in [0, 0.1) is 11.3 Å². The van der Waals surface area contributed by atoms with E-state index in [9.17, 15) is 5.26 Å². The number of nitrogens with one attached hydrogen (secondary N) is 1. The molecule has 1 rings (SSSR count). The van der Waals surface area contributed by atoms with Gasteiger partial charge >= 0.3 is 0 Å². The first-order valence-corrected chi connectivity index (χ1v) is 7.94. The predicted molar refractivity (Wildman–Crippen MR) is 82.6 cm³/mol. The summed E-state index contributed by atoms with van der Waals surface area (Å²) in [6, 6.07) is 2.76. The van der Waals surface area contributed by atoms with Gasteiger partial charge in [-0.25, -0.2) is 0 Å². The van der Waals surface area contributed by atoms with Crippen LogP contribution < -0.4 is 5.32 Å². The van der Waals surface area contributed by atoms with Gasteiger partial charge < -0.3 is 9.64 Å². The van der Waals surface area contributed by atoms with Crippen molar-refractivity contribution in [3.05, 3.63) is 0 Å². The van der Waals surface area contributed by atoms with Crippen molar-refractivity contribution in [3.63, 3.8) is 0 Å². The van der Waals surface area contributed by atoms with Crippen LogP contribution in [0.5, 0.6) is 0 Å². The fraction of sp³-hybridized carbons (Fsp3) is 0.938. The van der Waals surface area contributed by atoms with Crippen molar-refractivity contribution in [2.45, 2.75) is 70.6 Å². The molecule has 0 amide bonds. The molecule has 0 bridgehead atoms. The minimum Gasteiger partial charge on any atom is -0.377 e. The molecule has 1 aliphatic heterocycles. The fourth-order valence-corrected chi connectivity index (χ4v) is 2.88. The van der Waals surface area contributed by atoms with Crippen LogP contribution in [0.4, 0.5) is 0 Å². The monoisotopic (exact) mass is 281 g/mol. The SMILES string of the molecule is CC(C)NC(C)(C#N)CCCCN(C)CC1CCCO1. The minimum absolute atomic E-state index is 0.349. The van der Waals surface area contributed by atoms with Gasteiger partial charge in [-0.15, -0.1) is 0 Å². The van der Waals surface area contributed by atoms with Crippen LogP contribution in [-0.4, -0.2) is 49.3 Å². The van der Waals surface area contributed by atoms with E-state index in [1.54, 1.807) is 0 Å². The highest BCUT2D eigenvalue weighted by molar-refractivity contribution is 5.04. The van der Waals surface area contributed by atoms with Crippen molar-refractivity contribution in [1.29, 1.82) is 5.26 Å². The lowest BCUT2D eigenvalue weighted by Gasteiger charge is -2.26. The van der Waals surface area contributed by atoms with Crippen LogP contribution in [0.1, 0.15) is 52.9 Å². The summed E-state index contributed by atoms with van der Waals surface area (Å²) in [4.78, 5) is 2.36. The Morgan fingerprint density at radius 1 is 1.45 bits per heavy atom. The van der Waals surface area contributed by atoms with Gasteiger partial charge in [0, 0.05) is 19.2 Å². The molecule has 20 heavy (non-hydrogen) atoms. The van der Waals surface area contributed by atoms with Gasteiger partial charge in [0.1, 0.15) is 5.54 Å². The zero-order valence-corrected chi connectivity index (χ0v) is 13.6. The van der Waals surface area contributed by atoms with E-state index in [4.69, 9.17) is 4.74 Å². The Hall–Kier alpha value is -0.630. The molecule has 4 heteroatoms. The van der Waals surface area contributed by atoms with Gasteiger partial charge in [-0.2, -0.15) is 5.26 Å². The van der Waals surface area contributed by atoms with Crippen molar-refractivity contribution < 1.29 is 4.74 Å². The summed E-state index contributed by atoms with van der Waals surface area (Å²) in [7, 11) is 2.16. The molecule has 0 radical (unpaired) electrons. The Balaban J connectivity index is 2.15. The second kappa shape index (κ2) is 8.61. The third-order valence-corrected chi connectivity index (χ3v) is 3.86. The topological polar surface area (TPSA) is 48.3 Å². The molecule has 0 aromatic carbocycles. The van der Waals surface area contributed by atoms with Crippen molar-refractivity contribution in [2.24, 2.45) is 0 Å². The average Bonchev–Trinajstić information content (AvgIpc) is 2.86. The standard InChI is InChI=1S/C16H31N3O/c1-14(2)18-16(3,13-17)9-5-6-10-19(4)12-15-8-7-11-20-15/h14-15,18H,5-12H2,1-4H3. The van der Waals surface area contributed by atoms with Gasteiger partial charge in [-0.3, -0.25) is 5.32 Å². The molecule has 0 saturated carbocycles. The number of nitrogens with zero attached hydrogens (tertiary/aromatic N) is 2. The van der Waals surface area contributed by atoms with Gasteiger partial charge in [0.25, 0.3) is 0 Å². The van der Waals surface area contributed by atoms with Crippen LogP contribution in [0.3, 0.4) is 0 Å². The molecule has 116 valence electrons. The lowest BCUT2D eigenvalue weighted by Crippen LogP contribution is -2.45. The van der Waals surface area contributed by atoms with E-state index in [-0.39, 0.29) is 5.54 Å². The summed E-state index contributed by atoms with van der Waals surface area (Å²) in [6.07, 6.45) is 5.98. The zero-order valence-electron chi connectivity index (χ0n) is 13.6. The van der Waals surface area contributed by atoms with Crippen molar-refractivity contribution in [2.75, 3.05) is 26.7 Å². The number of likely N-dealkylation sites (N-methyl/N-ethyl adjacent to an activating group) is 1. The van der Waals surface area contributed by atoms with Gasteiger partial charge in [-0.1, -0.05) is 0 Å². The second-order valence-corrected chi connectivity index (χ2v) is 6.60. The molecule has 0 aromatic heterocycles. The van der Waals surface area contributed by atoms with E-state index in [0.717, 1.165) is 39.0 Å². The molecule has 0 spiro atoms. The molecule has 1 fully saturated rings. The summed E-state index contributed by atoms with van der Waals surface area (Å²) in [6.45, 7) is 9.24.